The van der Waals surface area contributed by atoms with Crippen LogP contribution in [0, 0.1) is 17.6 Å². The van der Waals surface area contributed by atoms with Crippen molar-refractivity contribution in [3.63, 3.8) is 0 Å². The van der Waals surface area contributed by atoms with Gasteiger partial charge in [0.2, 0.25) is 5.91 Å². The smallest absolute Gasteiger partial charge is 0.228 e. The molecule has 4 rings (SSSR count). The molecule has 1 atom stereocenters. The lowest BCUT2D eigenvalue weighted by molar-refractivity contribution is -0.115. The Balaban J connectivity index is 1.47. The summed E-state index contributed by atoms with van der Waals surface area (Å²) >= 11 is 0. The third-order valence-corrected chi connectivity index (χ3v) is 5.78. The quantitative estimate of drug-likeness (QED) is 0.672. The van der Waals surface area contributed by atoms with E-state index in [-0.39, 0.29) is 18.5 Å². The number of alkyl halides is 1. The Labute approximate surface area is 185 Å². The number of pyridine rings is 1. The van der Waals surface area contributed by atoms with Gasteiger partial charge in [-0.05, 0) is 55.0 Å². The van der Waals surface area contributed by atoms with Gasteiger partial charge in [-0.1, -0.05) is 0 Å². The molecule has 0 spiro atoms. The number of nitrogens with one attached hydrogen (secondary N) is 2. The topological polar surface area (TPSA) is 66.5 Å². The van der Waals surface area contributed by atoms with Gasteiger partial charge in [0.25, 0.3) is 0 Å². The van der Waals surface area contributed by atoms with Gasteiger partial charge >= 0.3 is 0 Å². The zero-order valence-electron chi connectivity index (χ0n) is 17.8. The molecule has 9 heteroatoms. The van der Waals surface area contributed by atoms with Gasteiger partial charge in [-0.3, -0.25) is 4.79 Å². The molecule has 32 heavy (non-hydrogen) atoms. The monoisotopic (exact) mass is 448 g/mol. The number of benzene rings is 1. The molecule has 3 heterocycles. The summed E-state index contributed by atoms with van der Waals surface area (Å²) in [5.41, 5.74) is 0.673. The van der Waals surface area contributed by atoms with Gasteiger partial charge in [0.15, 0.2) is 5.82 Å². The first-order valence-electron chi connectivity index (χ1n) is 10.9. The summed E-state index contributed by atoms with van der Waals surface area (Å²) in [6.45, 7) is 2.98. The van der Waals surface area contributed by atoms with E-state index in [1.165, 1.54) is 0 Å². The number of nitrogens with zero attached hydrogens (tertiary/aromatic N) is 2. The molecule has 0 saturated carbocycles. The zero-order valence-corrected chi connectivity index (χ0v) is 17.8. The third-order valence-electron chi connectivity index (χ3n) is 5.78. The molecule has 0 aliphatic carbocycles. The maximum absolute atomic E-state index is 13.9. The molecule has 0 unspecified atom stereocenters. The Bertz CT molecular complexity index is 933. The van der Waals surface area contributed by atoms with Crippen LogP contribution in [0.4, 0.5) is 30.5 Å². The van der Waals surface area contributed by atoms with Crippen LogP contribution >= 0.6 is 0 Å². The molecule has 6 nitrogen and oxygen atoms in total. The fraction of sp³-hybridized carbons (Fsp3) is 0.478. The lowest BCUT2D eigenvalue weighted by Crippen LogP contribution is -2.26. The van der Waals surface area contributed by atoms with E-state index >= 15 is 0 Å². The Hall–Kier alpha value is -2.81. The number of halogens is 3. The standard InChI is InChI=1S/C23H27F3N4O2/c24-17-3-6-30(14-17)23-20(28-22(31)11-16-9-18(25)12-19(26)10-16)1-2-21(29-23)27-13-15-4-7-32-8-5-15/h1-2,9-10,12,15,17H,3-8,11,13-14H2,(H,27,29)(H,28,31)/t17-/m0/s1. The van der Waals surface area contributed by atoms with Crippen molar-refractivity contribution in [3.8, 4) is 0 Å². The molecule has 2 N–H and O–H groups in total. The van der Waals surface area contributed by atoms with E-state index in [9.17, 15) is 18.0 Å². The summed E-state index contributed by atoms with van der Waals surface area (Å²) in [6.07, 6.45) is 1.24. The molecule has 2 aromatic rings. The molecule has 0 bridgehead atoms. The van der Waals surface area contributed by atoms with Crippen LogP contribution in [0.25, 0.3) is 0 Å². The number of rotatable bonds is 7. The van der Waals surface area contributed by atoms with Crippen molar-refractivity contribution < 1.29 is 22.7 Å². The number of hydrogen-bond acceptors (Lipinski definition) is 5. The number of carbonyl (C=O) groups excluding carboxylic acids is 1. The number of hydrogen-bond donors (Lipinski definition) is 2. The van der Waals surface area contributed by atoms with Gasteiger partial charge in [0.1, 0.15) is 23.6 Å². The normalized spacial score (nSPS) is 19.2. The van der Waals surface area contributed by atoms with Crippen molar-refractivity contribution in [2.45, 2.75) is 31.9 Å². The zero-order chi connectivity index (χ0) is 22.5. The van der Waals surface area contributed by atoms with Gasteiger partial charge in [0, 0.05) is 32.4 Å². The average molecular weight is 448 g/mol. The van der Waals surface area contributed by atoms with Crippen molar-refractivity contribution in [2.75, 3.05) is 48.4 Å². The van der Waals surface area contributed by atoms with E-state index in [1.807, 2.05) is 4.90 Å². The van der Waals surface area contributed by atoms with E-state index in [2.05, 4.69) is 15.6 Å². The van der Waals surface area contributed by atoms with E-state index in [0.29, 0.717) is 36.2 Å². The summed E-state index contributed by atoms with van der Waals surface area (Å²) in [4.78, 5) is 19.0. The minimum absolute atomic E-state index is 0.191. The maximum atomic E-state index is 13.9. The minimum Gasteiger partial charge on any atom is -0.381 e. The molecule has 2 aliphatic rings. The van der Waals surface area contributed by atoms with E-state index in [4.69, 9.17) is 4.74 Å². The largest absolute Gasteiger partial charge is 0.381 e. The fourth-order valence-corrected chi connectivity index (χ4v) is 4.09. The molecule has 2 fully saturated rings. The van der Waals surface area contributed by atoms with Gasteiger partial charge in [0.05, 0.1) is 18.7 Å². The molecular weight excluding hydrogens is 421 g/mol. The fourth-order valence-electron chi connectivity index (χ4n) is 4.09. The average Bonchev–Trinajstić information content (AvgIpc) is 3.19. The van der Waals surface area contributed by atoms with Crippen LogP contribution in [0.3, 0.4) is 0 Å². The Morgan fingerprint density at radius 1 is 1.12 bits per heavy atom. The minimum atomic E-state index is -0.950. The second-order valence-electron chi connectivity index (χ2n) is 8.34. The summed E-state index contributed by atoms with van der Waals surface area (Å²) < 4.78 is 46.1. The van der Waals surface area contributed by atoms with Crippen molar-refractivity contribution in [1.29, 1.82) is 0 Å². The van der Waals surface area contributed by atoms with Crippen LogP contribution in [-0.2, 0) is 16.0 Å². The molecule has 0 radical (unpaired) electrons. The molecule has 2 aliphatic heterocycles. The van der Waals surface area contributed by atoms with Gasteiger partial charge in [-0.25, -0.2) is 18.2 Å². The highest BCUT2D eigenvalue weighted by atomic mass is 19.1. The molecule has 1 aromatic heterocycles. The van der Waals surface area contributed by atoms with Gasteiger partial charge in [-0.2, -0.15) is 0 Å². The van der Waals surface area contributed by atoms with Crippen molar-refractivity contribution >= 4 is 23.2 Å². The van der Waals surface area contributed by atoms with Crippen LogP contribution < -0.4 is 15.5 Å². The first-order valence-corrected chi connectivity index (χ1v) is 10.9. The number of amides is 1. The van der Waals surface area contributed by atoms with Crippen LogP contribution in [0.5, 0.6) is 0 Å². The maximum Gasteiger partial charge on any atom is 0.228 e. The van der Waals surface area contributed by atoms with Crippen LogP contribution in [0.1, 0.15) is 24.8 Å². The van der Waals surface area contributed by atoms with Crippen molar-refractivity contribution in [1.82, 2.24) is 4.98 Å². The van der Waals surface area contributed by atoms with Crippen LogP contribution in [0.15, 0.2) is 30.3 Å². The predicted molar refractivity (Wildman–Crippen MR) is 117 cm³/mol. The SMILES string of the molecule is O=C(Cc1cc(F)cc(F)c1)Nc1ccc(NCC2CCOCC2)nc1N1CC[C@H](F)C1. The van der Waals surface area contributed by atoms with E-state index in [1.54, 1.807) is 12.1 Å². The van der Waals surface area contributed by atoms with Crippen molar-refractivity contribution in [2.24, 2.45) is 5.92 Å². The van der Waals surface area contributed by atoms with Gasteiger partial charge < -0.3 is 20.3 Å². The summed E-state index contributed by atoms with van der Waals surface area (Å²) in [5, 5.41) is 6.11. The molecule has 1 amide bonds. The second-order valence-corrected chi connectivity index (χ2v) is 8.34. The molecule has 1 aromatic carbocycles. The predicted octanol–water partition coefficient (Wildman–Crippen LogP) is 3.93. The lowest BCUT2D eigenvalue weighted by atomic mass is 10.0. The number of anilines is 3. The second kappa shape index (κ2) is 10.2. The Morgan fingerprint density at radius 2 is 1.88 bits per heavy atom. The first kappa shape index (κ1) is 22.4. The Morgan fingerprint density at radius 3 is 2.56 bits per heavy atom. The molecular formula is C23H27F3N4O2. The third kappa shape index (κ3) is 5.91. The lowest BCUT2D eigenvalue weighted by Gasteiger charge is -2.24. The number of aromatic nitrogens is 1. The highest BCUT2D eigenvalue weighted by Gasteiger charge is 2.26. The van der Waals surface area contributed by atoms with E-state index < -0.39 is 23.7 Å². The summed E-state index contributed by atoms with van der Waals surface area (Å²) in [7, 11) is 0. The van der Waals surface area contributed by atoms with Crippen molar-refractivity contribution in [3.05, 3.63) is 47.5 Å². The highest BCUT2D eigenvalue weighted by molar-refractivity contribution is 5.95. The van der Waals surface area contributed by atoms with E-state index in [0.717, 1.165) is 50.8 Å². The number of carbonyl (C=O) groups is 1. The van der Waals surface area contributed by atoms with Gasteiger partial charge in [-0.15, -0.1) is 0 Å². The number of ether oxygens (including phenoxy) is 1. The first-order chi connectivity index (χ1) is 15.5. The summed E-state index contributed by atoms with van der Waals surface area (Å²) in [5.74, 6) is -0.263. The molecule has 172 valence electrons. The molecule has 2 saturated heterocycles. The highest BCUT2D eigenvalue weighted by Crippen LogP contribution is 2.30. The van der Waals surface area contributed by atoms with Crippen LogP contribution in [-0.4, -0.2) is 49.9 Å². The van der Waals surface area contributed by atoms with Crippen LogP contribution in [0.2, 0.25) is 0 Å². The Kier molecular flexibility index (Phi) is 7.14. The summed E-state index contributed by atoms with van der Waals surface area (Å²) in [6, 6.07) is 6.50.